The summed E-state index contributed by atoms with van der Waals surface area (Å²) in [5.74, 6) is 0.434. The number of hydrogen-bond acceptors (Lipinski definition) is 3. The predicted octanol–water partition coefficient (Wildman–Crippen LogP) is -0.816. The molecule has 3 N–H and O–H groups in total. The molecule has 0 aliphatic carbocycles. The van der Waals surface area contributed by atoms with Crippen LogP contribution in [0.25, 0.3) is 0 Å². The lowest BCUT2D eigenvalue weighted by Gasteiger charge is -2.03. The van der Waals surface area contributed by atoms with E-state index in [0.29, 0.717) is 32.3 Å². The normalized spacial score (nSPS) is 11.7. The van der Waals surface area contributed by atoms with Gasteiger partial charge in [-0.1, -0.05) is 0 Å². The molecule has 0 aromatic rings. The molecule has 0 aromatic carbocycles. The van der Waals surface area contributed by atoms with Crippen molar-refractivity contribution in [1.82, 2.24) is 5.32 Å². The summed E-state index contributed by atoms with van der Waals surface area (Å²) in [6, 6.07) is 0. The van der Waals surface area contributed by atoms with Crippen LogP contribution in [0.1, 0.15) is 0 Å². The van der Waals surface area contributed by atoms with Gasteiger partial charge in [-0.2, -0.15) is 0 Å². The Morgan fingerprint density at radius 1 is 1.33 bits per heavy atom. The Labute approximate surface area is 72.9 Å². The van der Waals surface area contributed by atoms with Crippen molar-refractivity contribution in [2.75, 3.05) is 40.5 Å². The highest BCUT2D eigenvalue weighted by Gasteiger charge is 1.88. The van der Waals surface area contributed by atoms with Gasteiger partial charge in [-0.3, -0.25) is 4.99 Å². The van der Waals surface area contributed by atoms with Gasteiger partial charge in [0, 0.05) is 20.8 Å². The van der Waals surface area contributed by atoms with E-state index < -0.39 is 0 Å². The summed E-state index contributed by atoms with van der Waals surface area (Å²) in [6.45, 7) is 2.48. The number of rotatable bonds is 6. The first-order valence-corrected chi connectivity index (χ1v) is 3.83. The number of ether oxygens (including phenoxy) is 2. The fourth-order valence-electron chi connectivity index (χ4n) is 0.594. The van der Waals surface area contributed by atoms with Crippen molar-refractivity contribution >= 4 is 5.96 Å². The van der Waals surface area contributed by atoms with Gasteiger partial charge in [0.2, 0.25) is 0 Å². The van der Waals surface area contributed by atoms with E-state index in [-0.39, 0.29) is 0 Å². The maximum atomic E-state index is 5.48. The van der Waals surface area contributed by atoms with Crippen LogP contribution < -0.4 is 11.1 Å². The smallest absolute Gasteiger partial charge is 0.188 e. The van der Waals surface area contributed by atoms with Crippen LogP contribution in [0, 0.1) is 0 Å². The molecule has 0 spiro atoms. The Bertz CT molecular complexity index is 128. The first-order valence-electron chi connectivity index (χ1n) is 3.83. The maximum Gasteiger partial charge on any atom is 0.188 e. The van der Waals surface area contributed by atoms with E-state index in [0.717, 1.165) is 0 Å². The topological polar surface area (TPSA) is 68.9 Å². The van der Waals surface area contributed by atoms with Crippen LogP contribution in [0.5, 0.6) is 0 Å². The van der Waals surface area contributed by atoms with Gasteiger partial charge in [-0.05, 0) is 0 Å². The number of aliphatic imine (C=N–C) groups is 1. The first kappa shape index (κ1) is 11.2. The van der Waals surface area contributed by atoms with Gasteiger partial charge in [-0.25, -0.2) is 0 Å². The van der Waals surface area contributed by atoms with E-state index in [1.807, 2.05) is 0 Å². The first-order chi connectivity index (χ1) is 5.81. The summed E-state index contributed by atoms with van der Waals surface area (Å²) < 4.78 is 9.62. The second kappa shape index (κ2) is 8.29. The van der Waals surface area contributed by atoms with Gasteiger partial charge in [0.25, 0.3) is 0 Å². The fraction of sp³-hybridized carbons (Fsp3) is 0.857. The Kier molecular flexibility index (Phi) is 7.73. The number of guanidine groups is 1. The molecule has 0 radical (unpaired) electrons. The molecule has 0 saturated carbocycles. The van der Waals surface area contributed by atoms with Crippen LogP contribution in [0.3, 0.4) is 0 Å². The summed E-state index contributed by atoms with van der Waals surface area (Å²) in [5.41, 5.74) is 5.48. The predicted molar refractivity (Wildman–Crippen MR) is 48.2 cm³/mol. The van der Waals surface area contributed by atoms with Gasteiger partial charge in [0.05, 0.1) is 19.8 Å². The molecular formula is C7H17N3O2. The van der Waals surface area contributed by atoms with Crippen LogP contribution in [0.2, 0.25) is 0 Å². The average molecular weight is 175 g/mol. The Balaban J connectivity index is 3.29. The van der Waals surface area contributed by atoms with Crippen LogP contribution in [0.15, 0.2) is 4.99 Å². The third-order valence-electron chi connectivity index (χ3n) is 1.19. The monoisotopic (exact) mass is 175 g/mol. The van der Waals surface area contributed by atoms with E-state index in [1.165, 1.54) is 0 Å². The molecular weight excluding hydrogens is 158 g/mol. The molecule has 72 valence electrons. The molecule has 0 rings (SSSR count). The van der Waals surface area contributed by atoms with E-state index in [1.54, 1.807) is 14.2 Å². The third-order valence-corrected chi connectivity index (χ3v) is 1.19. The van der Waals surface area contributed by atoms with Gasteiger partial charge in [0.1, 0.15) is 0 Å². The van der Waals surface area contributed by atoms with Crippen LogP contribution >= 0.6 is 0 Å². The van der Waals surface area contributed by atoms with Crippen molar-refractivity contribution in [2.24, 2.45) is 10.7 Å². The van der Waals surface area contributed by atoms with Gasteiger partial charge >= 0.3 is 0 Å². The van der Waals surface area contributed by atoms with Gasteiger partial charge < -0.3 is 20.5 Å². The summed E-state index contributed by atoms with van der Waals surface area (Å²) in [6.07, 6.45) is 0. The Morgan fingerprint density at radius 2 is 2.00 bits per heavy atom. The number of hydrogen-bond donors (Lipinski definition) is 2. The lowest BCUT2D eigenvalue weighted by molar-refractivity contribution is 0.203. The molecule has 0 aliphatic rings. The number of nitrogens with one attached hydrogen (secondary N) is 1. The highest BCUT2D eigenvalue weighted by Crippen LogP contribution is 1.72. The minimum atomic E-state index is 0.434. The van der Waals surface area contributed by atoms with Gasteiger partial charge in [-0.15, -0.1) is 0 Å². The molecule has 0 atom stereocenters. The molecule has 0 aliphatic heterocycles. The molecule has 0 aromatic heterocycles. The highest BCUT2D eigenvalue weighted by molar-refractivity contribution is 5.77. The zero-order chi connectivity index (χ0) is 9.23. The molecule has 0 fully saturated rings. The molecule has 0 unspecified atom stereocenters. The van der Waals surface area contributed by atoms with Gasteiger partial charge in [0.15, 0.2) is 5.96 Å². The van der Waals surface area contributed by atoms with Crippen LogP contribution in [-0.2, 0) is 9.47 Å². The molecule has 12 heavy (non-hydrogen) atoms. The zero-order valence-corrected chi connectivity index (χ0v) is 7.67. The molecule has 0 amide bonds. The minimum Gasteiger partial charge on any atom is -0.383 e. The quantitative estimate of drug-likeness (QED) is 0.314. The second-order valence-electron chi connectivity index (χ2n) is 2.18. The van der Waals surface area contributed by atoms with E-state index in [9.17, 15) is 0 Å². The standard InChI is InChI=1S/C7H17N3O2/c1-11-5-3-9-7(8)10-4-6-12-2/h3-6H2,1-2H3,(H3,8,9,10). The van der Waals surface area contributed by atoms with Crippen molar-refractivity contribution in [2.45, 2.75) is 0 Å². The van der Waals surface area contributed by atoms with E-state index >= 15 is 0 Å². The fourth-order valence-corrected chi connectivity index (χ4v) is 0.594. The van der Waals surface area contributed by atoms with Crippen molar-refractivity contribution in [3.63, 3.8) is 0 Å². The SMILES string of the molecule is COCCN=C(N)NCCOC. The molecule has 0 heterocycles. The van der Waals surface area contributed by atoms with Crippen molar-refractivity contribution < 1.29 is 9.47 Å². The highest BCUT2D eigenvalue weighted by atomic mass is 16.5. The zero-order valence-electron chi connectivity index (χ0n) is 7.67. The largest absolute Gasteiger partial charge is 0.383 e. The van der Waals surface area contributed by atoms with Crippen molar-refractivity contribution in [1.29, 1.82) is 0 Å². The minimum absolute atomic E-state index is 0.434. The molecule has 0 saturated heterocycles. The lowest BCUT2D eigenvalue weighted by Crippen LogP contribution is -2.34. The number of methoxy groups -OCH3 is 2. The molecule has 5 heteroatoms. The Morgan fingerprint density at radius 3 is 2.58 bits per heavy atom. The van der Waals surface area contributed by atoms with E-state index in [4.69, 9.17) is 15.2 Å². The van der Waals surface area contributed by atoms with E-state index in [2.05, 4.69) is 10.3 Å². The summed E-state index contributed by atoms with van der Waals surface area (Å²) in [5, 5.41) is 2.89. The molecule has 0 bridgehead atoms. The lowest BCUT2D eigenvalue weighted by atomic mass is 10.6. The van der Waals surface area contributed by atoms with Crippen LogP contribution in [-0.4, -0.2) is 46.5 Å². The van der Waals surface area contributed by atoms with Crippen LogP contribution in [0.4, 0.5) is 0 Å². The van der Waals surface area contributed by atoms with Crippen molar-refractivity contribution in [3.8, 4) is 0 Å². The average Bonchev–Trinajstić information content (AvgIpc) is 2.06. The molecule has 5 nitrogen and oxygen atoms in total. The maximum absolute atomic E-state index is 5.48. The summed E-state index contributed by atoms with van der Waals surface area (Å²) in [7, 11) is 3.27. The Hall–Kier alpha value is -0.810. The number of nitrogens with two attached hydrogens (primary N) is 1. The summed E-state index contributed by atoms with van der Waals surface area (Å²) >= 11 is 0. The second-order valence-corrected chi connectivity index (χ2v) is 2.18. The summed E-state index contributed by atoms with van der Waals surface area (Å²) in [4.78, 5) is 3.99. The van der Waals surface area contributed by atoms with Crippen molar-refractivity contribution in [3.05, 3.63) is 0 Å². The number of nitrogens with zero attached hydrogens (tertiary/aromatic N) is 1. The third kappa shape index (κ3) is 7.30.